The fraction of sp³-hybridized carbons (Fsp3) is 0.478. The second-order valence-corrected chi connectivity index (χ2v) is 9.97. The number of anilines is 1. The smallest absolute Gasteiger partial charge is 0.478 e. The van der Waals surface area contributed by atoms with Gasteiger partial charge in [-0.05, 0) is 79.1 Å². The predicted molar refractivity (Wildman–Crippen MR) is 122 cm³/mol. The average Bonchev–Trinajstić information content (AvgIpc) is 2.81. The molecule has 1 aromatic heterocycles. The molecule has 0 unspecified atom stereocenters. The van der Waals surface area contributed by atoms with Gasteiger partial charge in [0.2, 0.25) is 0 Å². The second-order valence-electron chi connectivity index (χ2n) is 9.97. The van der Waals surface area contributed by atoms with Gasteiger partial charge in [0.25, 0.3) is 0 Å². The normalized spacial score (nSPS) is 18.7. The summed E-state index contributed by atoms with van der Waals surface area (Å²) in [6.45, 7) is 15.8. The summed E-state index contributed by atoms with van der Waals surface area (Å²) in [6, 6.07) is 7.87. The van der Waals surface area contributed by atoms with Crippen LogP contribution in [-0.2, 0) is 14.1 Å². The van der Waals surface area contributed by atoms with Crippen LogP contribution in [0.25, 0.3) is 17.0 Å². The number of fused-ring (bicyclic) bond motifs is 1. The second kappa shape index (κ2) is 7.39. The van der Waals surface area contributed by atoms with Crippen LogP contribution >= 0.6 is 0 Å². The Hall–Kier alpha value is -2.38. The lowest BCUT2D eigenvalue weighted by molar-refractivity contribution is -0.132. The zero-order chi connectivity index (χ0) is 22.5. The van der Waals surface area contributed by atoms with Crippen LogP contribution < -0.4 is 10.8 Å². The third-order valence-corrected chi connectivity index (χ3v) is 5.60. The van der Waals surface area contributed by atoms with E-state index in [-0.39, 0.29) is 11.1 Å². The van der Waals surface area contributed by atoms with Gasteiger partial charge in [-0.25, -0.2) is 9.78 Å². The summed E-state index contributed by atoms with van der Waals surface area (Å²) in [5.74, 6) is -0.304. The molecule has 0 spiro atoms. The molecule has 2 aromatic rings. The predicted octanol–water partition coefficient (Wildman–Crippen LogP) is 4.23. The molecule has 6 nitrogen and oxygen atoms in total. The van der Waals surface area contributed by atoms with Gasteiger partial charge in [-0.3, -0.25) is 0 Å². The molecule has 1 aliphatic heterocycles. The lowest BCUT2D eigenvalue weighted by Crippen LogP contribution is -2.41. The minimum Gasteiger partial charge on any atom is -0.478 e. The van der Waals surface area contributed by atoms with E-state index in [1.54, 1.807) is 13.0 Å². The highest BCUT2D eigenvalue weighted by Gasteiger charge is 2.51. The summed E-state index contributed by atoms with van der Waals surface area (Å²) >= 11 is 0. The van der Waals surface area contributed by atoms with E-state index in [9.17, 15) is 9.90 Å². The molecule has 0 atom stereocenters. The standard InChI is InChI=1S/C23H31BN2O4/c1-14(20(27)28)11-16-12-15-13-17(24-29-22(5,6)23(7,8)30-24)9-10-18(15)25-19(16)26-21(2,3)4/h9-13H,1-8H3,(H,25,26)(H,27,28)/b14-11+. The van der Waals surface area contributed by atoms with Gasteiger partial charge in [0.15, 0.2) is 0 Å². The maximum Gasteiger partial charge on any atom is 0.494 e. The van der Waals surface area contributed by atoms with E-state index in [0.29, 0.717) is 5.82 Å². The van der Waals surface area contributed by atoms with Crippen molar-refractivity contribution in [3.63, 3.8) is 0 Å². The van der Waals surface area contributed by atoms with Crippen LogP contribution in [-0.4, -0.2) is 39.9 Å². The molecule has 1 saturated heterocycles. The molecule has 1 aromatic carbocycles. The molecular weight excluding hydrogens is 379 g/mol. The Morgan fingerprint density at radius 2 is 1.73 bits per heavy atom. The van der Waals surface area contributed by atoms with Gasteiger partial charge in [0.05, 0.1) is 16.7 Å². The quantitative estimate of drug-likeness (QED) is 0.580. The Balaban J connectivity index is 2.08. The van der Waals surface area contributed by atoms with Crippen molar-refractivity contribution in [2.45, 2.75) is 72.1 Å². The number of carbonyl (C=O) groups is 1. The number of carboxylic acids is 1. The number of benzene rings is 1. The number of nitrogens with zero attached hydrogens (tertiary/aromatic N) is 1. The molecule has 30 heavy (non-hydrogen) atoms. The van der Waals surface area contributed by atoms with Crippen molar-refractivity contribution in [3.8, 4) is 0 Å². The largest absolute Gasteiger partial charge is 0.494 e. The topological polar surface area (TPSA) is 80.7 Å². The van der Waals surface area contributed by atoms with Crippen molar-refractivity contribution < 1.29 is 19.2 Å². The number of pyridine rings is 1. The first kappa shape index (κ1) is 22.3. The molecule has 0 radical (unpaired) electrons. The maximum atomic E-state index is 11.4. The zero-order valence-electron chi connectivity index (χ0n) is 19.1. The minimum atomic E-state index is -0.956. The summed E-state index contributed by atoms with van der Waals surface area (Å²) in [5, 5.41) is 13.6. The summed E-state index contributed by atoms with van der Waals surface area (Å²) in [4.78, 5) is 16.1. The molecule has 3 rings (SSSR count). The Morgan fingerprint density at radius 1 is 1.13 bits per heavy atom. The lowest BCUT2D eigenvalue weighted by Gasteiger charge is -2.32. The molecule has 7 heteroatoms. The van der Waals surface area contributed by atoms with E-state index in [2.05, 4.69) is 5.32 Å². The highest BCUT2D eigenvalue weighted by molar-refractivity contribution is 6.62. The Labute approximate surface area is 178 Å². The van der Waals surface area contributed by atoms with E-state index < -0.39 is 24.3 Å². The first-order valence-corrected chi connectivity index (χ1v) is 10.2. The van der Waals surface area contributed by atoms with Gasteiger partial charge in [0, 0.05) is 22.1 Å². The van der Waals surface area contributed by atoms with E-state index in [1.807, 2.05) is 72.7 Å². The van der Waals surface area contributed by atoms with Crippen molar-refractivity contribution in [2.75, 3.05) is 5.32 Å². The van der Waals surface area contributed by atoms with Gasteiger partial charge in [0.1, 0.15) is 5.82 Å². The highest BCUT2D eigenvalue weighted by atomic mass is 16.7. The number of nitrogens with one attached hydrogen (secondary N) is 1. The van der Waals surface area contributed by atoms with Crippen LogP contribution in [0.2, 0.25) is 0 Å². The van der Waals surface area contributed by atoms with Crippen LogP contribution in [0.15, 0.2) is 29.8 Å². The van der Waals surface area contributed by atoms with Crippen molar-refractivity contribution in [3.05, 3.63) is 35.4 Å². The molecular formula is C23H31BN2O4. The van der Waals surface area contributed by atoms with Gasteiger partial charge in [-0.2, -0.15) is 0 Å². The Kier molecular flexibility index (Phi) is 5.50. The fourth-order valence-corrected chi connectivity index (χ4v) is 3.20. The first-order valence-electron chi connectivity index (χ1n) is 10.2. The van der Waals surface area contributed by atoms with Gasteiger partial charge < -0.3 is 19.7 Å². The number of carboxylic acid groups (broad SMARTS) is 1. The molecule has 0 amide bonds. The van der Waals surface area contributed by atoms with Gasteiger partial charge in [-0.15, -0.1) is 0 Å². The van der Waals surface area contributed by atoms with E-state index in [0.717, 1.165) is 21.9 Å². The summed E-state index contributed by atoms with van der Waals surface area (Å²) in [7, 11) is -0.466. The SMILES string of the molecule is C/C(=C\c1cc2cc(B3OC(C)(C)C(C)(C)O3)ccc2nc1NC(C)(C)C)C(=O)O. The number of hydrogen-bond donors (Lipinski definition) is 2. The van der Waals surface area contributed by atoms with Crippen molar-refractivity contribution in [2.24, 2.45) is 0 Å². The molecule has 2 N–H and O–H groups in total. The highest BCUT2D eigenvalue weighted by Crippen LogP contribution is 2.36. The first-order chi connectivity index (χ1) is 13.7. The summed E-state index contributed by atoms with van der Waals surface area (Å²) in [5.41, 5.74) is 1.63. The minimum absolute atomic E-state index is 0.219. The molecule has 0 aliphatic carbocycles. The maximum absolute atomic E-state index is 11.4. The Bertz CT molecular complexity index is 1010. The number of hydrogen-bond acceptors (Lipinski definition) is 5. The third kappa shape index (κ3) is 4.52. The number of aromatic nitrogens is 1. The van der Waals surface area contributed by atoms with Crippen LogP contribution in [0.4, 0.5) is 5.82 Å². The molecule has 0 bridgehead atoms. The van der Waals surface area contributed by atoms with E-state index in [4.69, 9.17) is 14.3 Å². The van der Waals surface area contributed by atoms with Crippen molar-refractivity contribution >= 4 is 41.3 Å². The molecule has 1 fully saturated rings. The zero-order valence-corrected chi connectivity index (χ0v) is 19.1. The van der Waals surface area contributed by atoms with Crippen LogP contribution in [0.5, 0.6) is 0 Å². The van der Waals surface area contributed by atoms with E-state index >= 15 is 0 Å². The third-order valence-electron chi connectivity index (χ3n) is 5.60. The van der Waals surface area contributed by atoms with Crippen molar-refractivity contribution in [1.29, 1.82) is 0 Å². The number of rotatable bonds is 4. The number of aliphatic carboxylic acids is 1. The fourth-order valence-electron chi connectivity index (χ4n) is 3.20. The molecule has 0 saturated carbocycles. The van der Waals surface area contributed by atoms with Crippen molar-refractivity contribution in [1.82, 2.24) is 4.98 Å². The van der Waals surface area contributed by atoms with E-state index in [1.165, 1.54) is 0 Å². The Morgan fingerprint density at radius 3 is 2.27 bits per heavy atom. The van der Waals surface area contributed by atoms with Crippen LogP contribution in [0, 0.1) is 0 Å². The van der Waals surface area contributed by atoms with Gasteiger partial charge in [-0.1, -0.05) is 12.1 Å². The van der Waals surface area contributed by atoms with Crippen LogP contribution in [0.3, 0.4) is 0 Å². The van der Waals surface area contributed by atoms with Gasteiger partial charge >= 0.3 is 13.1 Å². The molecule has 160 valence electrons. The van der Waals surface area contributed by atoms with Crippen LogP contribution in [0.1, 0.15) is 61.0 Å². The monoisotopic (exact) mass is 410 g/mol. The summed E-state index contributed by atoms with van der Waals surface area (Å²) < 4.78 is 12.3. The molecule has 1 aliphatic rings. The summed E-state index contributed by atoms with van der Waals surface area (Å²) in [6.07, 6.45) is 1.64. The average molecular weight is 410 g/mol. The lowest BCUT2D eigenvalue weighted by atomic mass is 9.78. The molecule has 2 heterocycles.